The van der Waals surface area contributed by atoms with Crippen molar-refractivity contribution in [2.45, 2.75) is 38.9 Å². The van der Waals surface area contributed by atoms with Crippen LogP contribution in [0.15, 0.2) is 35.7 Å². The summed E-state index contributed by atoms with van der Waals surface area (Å²) in [5, 5.41) is 2.16. The van der Waals surface area contributed by atoms with Gasteiger partial charge in [-0.2, -0.15) is 0 Å². The third kappa shape index (κ3) is 3.70. The second kappa shape index (κ2) is 6.26. The van der Waals surface area contributed by atoms with Gasteiger partial charge in [-0.3, -0.25) is 4.90 Å². The van der Waals surface area contributed by atoms with Crippen molar-refractivity contribution in [2.75, 3.05) is 0 Å². The molecule has 0 amide bonds. The van der Waals surface area contributed by atoms with Gasteiger partial charge in [-0.25, -0.2) is 0 Å². The number of hydrogen-bond acceptors (Lipinski definition) is 3. The average molecular weight is 316 g/mol. The molecule has 3 rings (SSSR count). The topological polar surface area (TPSA) is 29.3 Å². The zero-order valence-corrected chi connectivity index (χ0v) is 13.8. The van der Waals surface area contributed by atoms with E-state index in [1.807, 2.05) is 17.4 Å². The van der Waals surface area contributed by atoms with E-state index in [2.05, 4.69) is 41.5 Å². The molecule has 0 radical (unpaired) electrons. The van der Waals surface area contributed by atoms with E-state index in [0.717, 1.165) is 24.7 Å². The summed E-state index contributed by atoms with van der Waals surface area (Å²) in [6.07, 6.45) is 2.66. The monoisotopic (exact) mass is 316 g/mol. The van der Waals surface area contributed by atoms with Crippen molar-refractivity contribution in [3.05, 3.63) is 57.3 Å². The highest BCUT2D eigenvalue weighted by atomic mass is 32.1. The largest absolute Gasteiger partial charge is 0.389 e. The van der Waals surface area contributed by atoms with E-state index >= 15 is 0 Å². The summed E-state index contributed by atoms with van der Waals surface area (Å²) in [5.74, 6) is 0. The molecule has 0 saturated heterocycles. The Morgan fingerprint density at radius 1 is 1.33 bits per heavy atom. The molecule has 2 N–H and O–H groups in total. The van der Waals surface area contributed by atoms with Gasteiger partial charge >= 0.3 is 0 Å². The second-order valence-electron chi connectivity index (χ2n) is 5.72. The number of hydrogen-bond donors (Lipinski definition) is 1. The second-order valence-corrected chi connectivity index (χ2v) is 7.19. The Hall–Kier alpha value is -1.23. The van der Waals surface area contributed by atoms with Gasteiger partial charge in [-0.1, -0.05) is 30.4 Å². The maximum absolute atomic E-state index is 5.70. The molecule has 1 aromatic heterocycles. The fourth-order valence-corrected chi connectivity index (χ4v) is 3.46. The van der Waals surface area contributed by atoms with E-state index in [9.17, 15) is 0 Å². The van der Waals surface area contributed by atoms with Crippen LogP contribution < -0.4 is 5.73 Å². The predicted octanol–water partition coefficient (Wildman–Crippen LogP) is 3.86. The third-order valence-electron chi connectivity index (χ3n) is 4.00. The Bertz CT molecular complexity index is 630. The molecule has 0 spiro atoms. The number of aryl methyl sites for hydroxylation is 1. The highest BCUT2D eigenvalue weighted by molar-refractivity contribution is 7.80. The maximum Gasteiger partial charge on any atom is 0.103 e. The van der Waals surface area contributed by atoms with Gasteiger partial charge in [0.1, 0.15) is 4.99 Å². The minimum atomic E-state index is 0.474. The zero-order valence-electron chi connectivity index (χ0n) is 12.2. The van der Waals surface area contributed by atoms with Gasteiger partial charge in [0.15, 0.2) is 0 Å². The molecule has 1 aliphatic rings. The Balaban J connectivity index is 1.75. The van der Waals surface area contributed by atoms with Crippen LogP contribution in [0.5, 0.6) is 0 Å². The predicted molar refractivity (Wildman–Crippen MR) is 93.7 cm³/mol. The van der Waals surface area contributed by atoms with Gasteiger partial charge in [0.05, 0.1) is 0 Å². The fourth-order valence-electron chi connectivity index (χ4n) is 2.60. The Morgan fingerprint density at radius 2 is 2.14 bits per heavy atom. The molecule has 110 valence electrons. The molecule has 0 unspecified atom stereocenters. The van der Waals surface area contributed by atoms with E-state index < -0.39 is 0 Å². The molecule has 2 aromatic rings. The number of nitrogens with two attached hydrogens (primary N) is 1. The number of rotatable bonds is 6. The van der Waals surface area contributed by atoms with E-state index in [1.54, 1.807) is 0 Å². The van der Waals surface area contributed by atoms with Crippen LogP contribution in [-0.4, -0.2) is 15.9 Å². The Morgan fingerprint density at radius 3 is 2.71 bits per heavy atom. The summed E-state index contributed by atoms with van der Waals surface area (Å²) >= 11 is 6.89. The summed E-state index contributed by atoms with van der Waals surface area (Å²) < 4.78 is 0. The van der Waals surface area contributed by atoms with Gasteiger partial charge in [0.2, 0.25) is 0 Å². The molecule has 1 aliphatic carbocycles. The summed E-state index contributed by atoms with van der Waals surface area (Å²) in [4.78, 5) is 4.51. The van der Waals surface area contributed by atoms with Crippen LogP contribution in [0.3, 0.4) is 0 Å². The zero-order chi connectivity index (χ0) is 14.8. The first-order valence-corrected chi connectivity index (χ1v) is 8.58. The van der Waals surface area contributed by atoms with Crippen molar-refractivity contribution >= 4 is 28.5 Å². The third-order valence-corrected chi connectivity index (χ3v) is 5.10. The highest BCUT2D eigenvalue weighted by Crippen LogP contribution is 2.31. The SMILES string of the molecule is Cc1cc(C(N)=S)ccc1CN(Cc1cccs1)C1CC1. The van der Waals surface area contributed by atoms with Crippen LogP contribution in [-0.2, 0) is 13.1 Å². The lowest BCUT2D eigenvalue weighted by Gasteiger charge is -2.22. The standard InChI is InChI=1S/C17H20N2S2/c1-12-9-13(17(18)20)4-5-14(12)10-19(15-6-7-15)11-16-3-2-8-21-16/h2-5,8-9,15H,6-7,10-11H2,1H3,(H2,18,20). The van der Waals surface area contributed by atoms with E-state index in [0.29, 0.717) is 4.99 Å². The molecule has 0 bridgehead atoms. The van der Waals surface area contributed by atoms with Crippen molar-refractivity contribution in [3.63, 3.8) is 0 Å². The quantitative estimate of drug-likeness (QED) is 0.821. The van der Waals surface area contributed by atoms with Crippen LogP contribution in [0.25, 0.3) is 0 Å². The van der Waals surface area contributed by atoms with Crippen molar-refractivity contribution in [1.29, 1.82) is 0 Å². The molecule has 1 aromatic carbocycles. The first-order valence-electron chi connectivity index (χ1n) is 7.29. The summed E-state index contributed by atoms with van der Waals surface area (Å²) in [6, 6.07) is 11.4. The molecular formula is C17H20N2S2. The fraction of sp³-hybridized carbons (Fsp3) is 0.353. The molecule has 21 heavy (non-hydrogen) atoms. The molecule has 1 fully saturated rings. The van der Waals surface area contributed by atoms with Crippen LogP contribution in [0, 0.1) is 6.92 Å². The number of benzene rings is 1. The van der Waals surface area contributed by atoms with E-state index in [1.165, 1.54) is 28.8 Å². The first kappa shape index (κ1) is 14.7. The first-order chi connectivity index (χ1) is 10.1. The highest BCUT2D eigenvalue weighted by Gasteiger charge is 2.29. The van der Waals surface area contributed by atoms with Gasteiger partial charge in [-0.05, 0) is 48.4 Å². The minimum absolute atomic E-state index is 0.474. The molecular weight excluding hydrogens is 296 g/mol. The minimum Gasteiger partial charge on any atom is -0.389 e. The van der Waals surface area contributed by atoms with Crippen molar-refractivity contribution in [3.8, 4) is 0 Å². The van der Waals surface area contributed by atoms with Crippen LogP contribution >= 0.6 is 23.6 Å². The molecule has 2 nitrogen and oxygen atoms in total. The molecule has 4 heteroatoms. The van der Waals surface area contributed by atoms with Gasteiger partial charge in [0.25, 0.3) is 0 Å². The Labute approximate surface area is 135 Å². The number of nitrogens with zero attached hydrogens (tertiary/aromatic N) is 1. The van der Waals surface area contributed by atoms with E-state index in [-0.39, 0.29) is 0 Å². The van der Waals surface area contributed by atoms with Crippen LogP contribution in [0.1, 0.15) is 34.4 Å². The molecule has 0 aliphatic heterocycles. The van der Waals surface area contributed by atoms with Gasteiger partial charge in [-0.15, -0.1) is 11.3 Å². The van der Waals surface area contributed by atoms with Crippen molar-refractivity contribution < 1.29 is 0 Å². The van der Waals surface area contributed by atoms with Crippen LogP contribution in [0.2, 0.25) is 0 Å². The average Bonchev–Trinajstić information content (AvgIpc) is 3.18. The number of thiophene rings is 1. The molecule has 0 atom stereocenters. The van der Waals surface area contributed by atoms with Crippen LogP contribution in [0.4, 0.5) is 0 Å². The van der Waals surface area contributed by atoms with Crippen molar-refractivity contribution in [1.82, 2.24) is 4.90 Å². The molecule has 1 saturated carbocycles. The molecule has 1 heterocycles. The summed E-state index contributed by atoms with van der Waals surface area (Å²) in [7, 11) is 0. The van der Waals surface area contributed by atoms with Gasteiger partial charge in [0, 0.05) is 29.6 Å². The maximum atomic E-state index is 5.70. The summed E-state index contributed by atoms with van der Waals surface area (Å²) in [5.41, 5.74) is 9.31. The normalized spacial score (nSPS) is 14.6. The van der Waals surface area contributed by atoms with Crippen molar-refractivity contribution in [2.24, 2.45) is 5.73 Å². The lowest BCUT2D eigenvalue weighted by Crippen LogP contribution is -2.25. The lowest BCUT2D eigenvalue weighted by molar-refractivity contribution is 0.247. The van der Waals surface area contributed by atoms with E-state index in [4.69, 9.17) is 18.0 Å². The lowest BCUT2D eigenvalue weighted by atomic mass is 10.0. The smallest absolute Gasteiger partial charge is 0.103 e. The van der Waals surface area contributed by atoms with Gasteiger partial charge < -0.3 is 5.73 Å². The Kier molecular flexibility index (Phi) is 4.38. The summed E-state index contributed by atoms with van der Waals surface area (Å²) in [6.45, 7) is 4.21. The number of thiocarbonyl (C=S) groups is 1.